The lowest BCUT2D eigenvalue weighted by Gasteiger charge is -2.15. The SMILES string of the molecule is CC1[C@H](c2ccccc2)[C@]1(NS(=O)(=O)c1cn2cc(-c3ccccc3)nc2s1)C(=O)O. The molecular formula is C22H19N3O4S2. The second-order valence-corrected chi connectivity index (χ2v) is 10.6. The van der Waals surface area contributed by atoms with Crippen LogP contribution < -0.4 is 4.72 Å². The van der Waals surface area contributed by atoms with Crippen LogP contribution in [-0.2, 0) is 14.8 Å². The first-order chi connectivity index (χ1) is 14.8. The molecule has 4 aromatic rings. The van der Waals surface area contributed by atoms with Crippen LogP contribution in [0.4, 0.5) is 0 Å². The minimum absolute atomic E-state index is 0.0288. The summed E-state index contributed by atoms with van der Waals surface area (Å²) in [4.78, 5) is 17.2. The summed E-state index contributed by atoms with van der Waals surface area (Å²) in [5.74, 6) is -1.99. The molecule has 7 nitrogen and oxygen atoms in total. The number of benzene rings is 2. The fourth-order valence-corrected chi connectivity index (χ4v) is 6.91. The number of rotatable bonds is 6. The summed E-state index contributed by atoms with van der Waals surface area (Å²) in [6.45, 7) is 1.75. The van der Waals surface area contributed by atoms with Gasteiger partial charge in [0.15, 0.2) is 9.17 Å². The molecule has 0 aliphatic heterocycles. The number of nitrogens with zero attached hydrogens (tertiary/aromatic N) is 2. The van der Waals surface area contributed by atoms with Gasteiger partial charge in [0, 0.05) is 23.9 Å². The third-order valence-electron chi connectivity index (χ3n) is 5.88. The maximum Gasteiger partial charge on any atom is 0.325 e. The number of fused-ring (bicyclic) bond motifs is 1. The molecule has 3 atom stereocenters. The quantitative estimate of drug-likeness (QED) is 0.465. The van der Waals surface area contributed by atoms with E-state index in [1.165, 1.54) is 6.20 Å². The molecule has 5 rings (SSSR count). The minimum Gasteiger partial charge on any atom is -0.480 e. The number of nitrogens with one attached hydrogen (secondary N) is 1. The molecule has 2 N–H and O–H groups in total. The molecule has 158 valence electrons. The second kappa shape index (κ2) is 7.01. The van der Waals surface area contributed by atoms with Crippen molar-refractivity contribution in [3.63, 3.8) is 0 Å². The average molecular weight is 454 g/mol. The van der Waals surface area contributed by atoms with Crippen LogP contribution in [0.3, 0.4) is 0 Å². The Kier molecular flexibility index (Phi) is 4.51. The van der Waals surface area contributed by atoms with Crippen molar-refractivity contribution < 1.29 is 18.3 Å². The molecule has 2 aromatic heterocycles. The van der Waals surface area contributed by atoms with Gasteiger partial charge in [-0.15, -0.1) is 0 Å². The molecule has 1 aliphatic carbocycles. The Morgan fingerprint density at radius 1 is 1.10 bits per heavy atom. The maximum atomic E-state index is 13.1. The Hall–Kier alpha value is -3.01. The highest BCUT2D eigenvalue weighted by atomic mass is 32.2. The third-order valence-corrected chi connectivity index (χ3v) is 8.83. The topological polar surface area (TPSA) is 101 Å². The van der Waals surface area contributed by atoms with E-state index in [9.17, 15) is 18.3 Å². The van der Waals surface area contributed by atoms with E-state index in [1.807, 2.05) is 60.7 Å². The summed E-state index contributed by atoms with van der Waals surface area (Å²) in [7, 11) is -4.06. The van der Waals surface area contributed by atoms with Gasteiger partial charge in [0.2, 0.25) is 0 Å². The normalized spacial score (nSPS) is 23.1. The third kappa shape index (κ3) is 3.16. The number of aromatic nitrogens is 2. The Labute approximate surface area is 183 Å². The standard InChI is InChI=1S/C22H19N3O4S2/c1-14-19(16-10-6-3-7-11-16)22(14,20(26)27)24-31(28,29)18-13-25-12-17(23-21(25)30-18)15-8-4-2-5-9-15/h2-14,19,24H,1H3,(H,26,27)/t14?,19-,22+/m1/s1. The van der Waals surface area contributed by atoms with E-state index in [1.54, 1.807) is 17.5 Å². The van der Waals surface area contributed by atoms with Crippen molar-refractivity contribution >= 4 is 32.3 Å². The number of thiazole rings is 1. The molecule has 0 bridgehead atoms. The van der Waals surface area contributed by atoms with E-state index < -0.39 is 27.4 Å². The first-order valence-electron chi connectivity index (χ1n) is 9.69. The van der Waals surface area contributed by atoms with Crippen LogP contribution in [0, 0.1) is 5.92 Å². The van der Waals surface area contributed by atoms with Gasteiger partial charge in [0.05, 0.1) is 5.69 Å². The van der Waals surface area contributed by atoms with Gasteiger partial charge in [-0.2, -0.15) is 4.72 Å². The van der Waals surface area contributed by atoms with Crippen molar-refractivity contribution in [2.45, 2.75) is 22.6 Å². The van der Waals surface area contributed by atoms with Crippen LogP contribution >= 0.6 is 11.3 Å². The summed E-state index contributed by atoms with van der Waals surface area (Å²) in [5, 5.41) is 9.94. The lowest BCUT2D eigenvalue weighted by atomic mass is 10.1. The van der Waals surface area contributed by atoms with E-state index in [2.05, 4.69) is 9.71 Å². The van der Waals surface area contributed by atoms with Crippen LogP contribution in [0.5, 0.6) is 0 Å². The van der Waals surface area contributed by atoms with Crippen LogP contribution in [0.15, 0.2) is 77.3 Å². The Bertz CT molecular complexity index is 1350. The van der Waals surface area contributed by atoms with E-state index in [0.717, 1.165) is 28.2 Å². The molecule has 1 saturated carbocycles. The summed E-state index contributed by atoms with van der Waals surface area (Å²) < 4.78 is 30.4. The monoisotopic (exact) mass is 453 g/mol. The Morgan fingerprint density at radius 3 is 2.35 bits per heavy atom. The van der Waals surface area contributed by atoms with Gasteiger partial charge < -0.3 is 5.11 Å². The summed E-state index contributed by atoms with van der Waals surface area (Å²) in [6, 6.07) is 18.7. The van der Waals surface area contributed by atoms with Crippen LogP contribution in [0.25, 0.3) is 16.2 Å². The van der Waals surface area contributed by atoms with Gasteiger partial charge >= 0.3 is 5.97 Å². The number of sulfonamides is 1. The zero-order valence-electron chi connectivity index (χ0n) is 16.5. The van der Waals surface area contributed by atoms with Gasteiger partial charge in [0.1, 0.15) is 5.54 Å². The number of hydrogen-bond donors (Lipinski definition) is 2. The highest BCUT2D eigenvalue weighted by Crippen LogP contribution is 2.58. The van der Waals surface area contributed by atoms with Crippen LogP contribution in [-0.4, -0.2) is 34.4 Å². The molecule has 1 aliphatic rings. The van der Waals surface area contributed by atoms with Gasteiger partial charge in [-0.25, -0.2) is 13.4 Å². The molecule has 0 saturated heterocycles. The van der Waals surface area contributed by atoms with Crippen molar-refractivity contribution in [2.24, 2.45) is 5.92 Å². The number of aliphatic carboxylic acids is 1. The fraction of sp³-hybridized carbons (Fsp3) is 0.182. The predicted octanol–water partition coefficient (Wildman–Crippen LogP) is 3.60. The highest BCUT2D eigenvalue weighted by Gasteiger charge is 2.70. The van der Waals surface area contributed by atoms with Gasteiger partial charge in [-0.05, 0) is 11.5 Å². The van der Waals surface area contributed by atoms with Crippen molar-refractivity contribution in [1.29, 1.82) is 0 Å². The van der Waals surface area contributed by atoms with Crippen LogP contribution in [0.2, 0.25) is 0 Å². The Morgan fingerprint density at radius 2 is 1.74 bits per heavy atom. The highest BCUT2D eigenvalue weighted by molar-refractivity contribution is 7.91. The molecular weight excluding hydrogens is 434 g/mol. The predicted molar refractivity (Wildman–Crippen MR) is 118 cm³/mol. The molecule has 0 amide bonds. The average Bonchev–Trinajstić information content (AvgIpc) is 3.06. The van der Waals surface area contributed by atoms with Crippen molar-refractivity contribution in [2.75, 3.05) is 0 Å². The van der Waals surface area contributed by atoms with Crippen molar-refractivity contribution in [3.8, 4) is 11.3 Å². The Balaban J connectivity index is 1.47. The molecule has 1 unspecified atom stereocenters. The summed E-state index contributed by atoms with van der Waals surface area (Å²) in [5.41, 5.74) is 0.907. The maximum absolute atomic E-state index is 13.1. The summed E-state index contributed by atoms with van der Waals surface area (Å²) >= 11 is 1.01. The van der Waals surface area contributed by atoms with Crippen molar-refractivity contribution in [1.82, 2.24) is 14.1 Å². The fourth-order valence-electron chi connectivity index (χ4n) is 4.22. The van der Waals surface area contributed by atoms with Gasteiger partial charge in [-0.3, -0.25) is 9.20 Å². The number of hydrogen-bond acceptors (Lipinski definition) is 5. The van der Waals surface area contributed by atoms with Gasteiger partial charge in [-0.1, -0.05) is 78.9 Å². The molecule has 1 fully saturated rings. The van der Waals surface area contributed by atoms with Gasteiger partial charge in [0.25, 0.3) is 10.0 Å². The van der Waals surface area contributed by atoms with Crippen molar-refractivity contribution in [3.05, 3.63) is 78.6 Å². The zero-order valence-corrected chi connectivity index (χ0v) is 18.1. The smallest absolute Gasteiger partial charge is 0.325 e. The van der Waals surface area contributed by atoms with E-state index >= 15 is 0 Å². The lowest BCUT2D eigenvalue weighted by Crippen LogP contribution is -2.45. The first-order valence-corrected chi connectivity index (χ1v) is 12.0. The molecule has 0 radical (unpaired) electrons. The number of imidazole rings is 1. The minimum atomic E-state index is -4.06. The van der Waals surface area contributed by atoms with E-state index in [-0.39, 0.29) is 10.1 Å². The molecule has 2 heterocycles. The second-order valence-electron chi connectivity index (χ2n) is 7.69. The van der Waals surface area contributed by atoms with E-state index in [0.29, 0.717) is 4.96 Å². The molecule has 9 heteroatoms. The molecule has 2 aromatic carbocycles. The lowest BCUT2D eigenvalue weighted by molar-refractivity contribution is -0.140. The summed E-state index contributed by atoms with van der Waals surface area (Å²) in [6.07, 6.45) is 3.24. The molecule has 31 heavy (non-hydrogen) atoms. The number of carboxylic acid groups (broad SMARTS) is 1. The first kappa shape index (κ1) is 19.9. The number of carbonyl (C=O) groups is 1. The molecule has 0 spiro atoms. The largest absolute Gasteiger partial charge is 0.480 e. The van der Waals surface area contributed by atoms with Crippen LogP contribution in [0.1, 0.15) is 18.4 Å². The van der Waals surface area contributed by atoms with E-state index in [4.69, 9.17) is 0 Å². The zero-order chi connectivity index (χ0) is 21.8. The number of carboxylic acids is 1.